The van der Waals surface area contributed by atoms with Crippen molar-refractivity contribution in [1.29, 1.82) is 0 Å². The van der Waals surface area contributed by atoms with Crippen molar-refractivity contribution in [3.8, 4) is 11.5 Å². The van der Waals surface area contributed by atoms with E-state index >= 15 is 0 Å². The molecule has 30 heavy (non-hydrogen) atoms. The number of piperidine rings is 1. The van der Waals surface area contributed by atoms with Crippen LogP contribution < -0.4 is 14.4 Å². The van der Waals surface area contributed by atoms with Crippen LogP contribution in [-0.4, -0.2) is 49.0 Å². The van der Waals surface area contributed by atoms with Crippen molar-refractivity contribution in [3.05, 3.63) is 48.3 Å². The molecular weight excluding hydrogens is 382 g/mol. The lowest BCUT2D eigenvalue weighted by Crippen LogP contribution is -2.42. The summed E-state index contributed by atoms with van der Waals surface area (Å²) in [6, 6.07) is 9.31. The molecule has 158 valence electrons. The number of carbonyl (C=O) groups is 2. The third kappa shape index (κ3) is 3.84. The van der Waals surface area contributed by atoms with Gasteiger partial charge in [-0.3, -0.25) is 14.6 Å². The van der Waals surface area contributed by atoms with Crippen LogP contribution in [0.5, 0.6) is 11.5 Å². The van der Waals surface area contributed by atoms with E-state index in [-0.39, 0.29) is 30.2 Å². The summed E-state index contributed by atoms with van der Waals surface area (Å²) < 4.78 is 10.7. The minimum atomic E-state index is -0.360. The third-order valence-electron chi connectivity index (χ3n) is 6.01. The van der Waals surface area contributed by atoms with Crippen LogP contribution in [0.25, 0.3) is 0 Å². The molecule has 7 nitrogen and oxygen atoms in total. The number of pyridine rings is 1. The fourth-order valence-electron chi connectivity index (χ4n) is 4.46. The predicted octanol–water partition coefficient (Wildman–Crippen LogP) is 3.21. The van der Waals surface area contributed by atoms with Crippen molar-refractivity contribution in [2.24, 2.45) is 5.92 Å². The zero-order valence-electron chi connectivity index (χ0n) is 17.4. The molecule has 0 unspecified atom stereocenters. The van der Waals surface area contributed by atoms with Gasteiger partial charge in [-0.1, -0.05) is 6.07 Å². The first kappa shape index (κ1) is 20.2. The second kappa shape index (κ2) is 8.73. The van der Waals surface area contributed by atoms with Gasteiger partial charge >= 0.3 is 0 Å². The van der Waals surface area contributed by atoms with Gasteiger partial charge in [0.05, 0.1) is 31.9 Å². The van der Waals surface area contributed by atoms with Crippen LogP contribution in [0.15, 0.2) is 42.7 Å². The van der Waals surface area contributed by atoms with Crippen LogP contribution in [0.2, 0.25) is 0 Å². The van der Waals surface area contributed by atoms with Crippen molar-refractivity contribution < 1.29 is 19.1 Å². The number of carbonyl (C=O) groups excluding carboxylic acids is 2. The smallest absolute Gasteiger partial charge is 0.228 e. The Bertz CT molecular complexity index is 918. The normalized spacial score (nSPS) is 21.6. The largest absolute Gasteiger partial charge is 0.497 e. The van der Waals surface area contributed by atoms with Gasteiger partial charge < -0.3 is 19.3 Å². The molecule has 2 aliphatic rings. The highest BCUT2D eigenvalue weighted by Gasteiger charge is 2.40. The number of rotatable bonds is 5. The topological polar surface area (TPSA) is 72.0 Å². The standard InChI is InChI=1S/C23H27N3O4/c1-29-18-8-9-20(21(13-18)30-2)26-15-17(12-22(26)27)23(28)25-11-4-3-7-19(25)16-6-5-10-24-14-16/h5-6,8-10,13-14,17,19H,3-4,7,11-12,15H2,1-2H3/t17-,19-/m1/s1. The molecule has 0 saturated carbocycles. The molecule has 2 saturated heterocycles. The molecule has 2 amide bonds. The average Bonchev–Trinajstić information content (AvgIpc) is 3.20. The number of likely N-dealkylation sites (tertiary alicyclic amines) is 1. The number of nitrogens with zero attached hydrogens (tertiary/aromatic N) is 3. The molecule has 0 N–H and O–H groups in total. The Morgan fingerprint density at radius 1 is 1.17 bits per heavy atom. The molecule has 4 rings (SSSR count). The quantitative estimate of drug-likeness (QED) is 0.758. The van der Waals surface area contributed by atoms with Crippen molar-refractivity contribution in [1.82, 2.24) is 9.88 Å². The number of amides is 2. The Morgan fingerprint density at radius 3 is 2.77 bits per heavy atom. The van der Waals surface area contributed by atoms with Gasteiger partial charge in [0.25, 0.3) is 0 Å². The van der Waals surface area contributed by atoms with Gasteiger partial charge in [-0.25, -0.2) is 0 Å². The highest BCUT2D eigenvalue weighted by atomic mass is 16.5. The average molecular weight is 409 g/mol. The predicted molar refractivity (Wildman–Crippen MR) is 113 cm³/mol. The summed E-state index contributed by atoms with van der Waals surface area (Å²) in [6.45, 7) is 1.07. The van der Waals surface area contributed by atoms with Gasteiger partial charge in [0.15, 0.2) is 0 Å². The summed E-state index contributed by atoms with van der Waals surface area (Å²) >= 11 is 0. The Hall–Kier alpha value is -3.09. The summed E-state index contributed by atoms with van der Waals surface area (Å²) in [5.41, 5.74) is 1.73. The second-order valence-corrected chi connectivity index (χ2v) is 7.77. The molecule has 0 spiro atoms. The van der Waals surface area contributed by atoms with Gasteiger partial charge in [-0.05, 0) is 43.0 Å². The molecule has 2 aliphatic heterocycles. The van der Waals surface area contributed by atoms with Crippen molar-refractivity contribution in [2.75, 3.05) is 32.2 Å². The van der Waals surface area contributed by atoms with Crippen LogP contribution in [0.1, 0.15) is 37.3 Å². The monoisotopic (exact) mass is 409 g/mol. The Balaban J connectivity index is 1.54. The molecular formula is C23H27N3O4. The lowest BCUT2D eigenvalue weighted by atomic mass is 9.94. The molecule has 0 bridgehead atoms. The molecule has 2 fully saturated rings. The van der Waals surface area contributed by atoms with Crippen LogP contribution in [0.4, 0.5) is 5.69 Å². The number of hydrogen-bond donors (Lipinski definition) is 0. The molecule has 1 aromatic carbocycles. The summed E-state index contributed by atoms with van der Waals surface area (Å²) in [5.74, 6) is 0.838. The SMILES string of the molecule is COc1ccc(N2C[C@H](C(=O)N3CCCC[C@@H]3c3cccnc3)CC2=O)c(OC)c1. The first-order valence-corrected chi connectivity index (χ1v) is 10.3. The van der Waals surface area contributed by atoms with E-state index in [1.165, 1.54) is 0 Å². The highest BCUT2D eigenvalue weighted by molar-refractivity contribution is 6.01. The minimum Gasteiger partial charge on any atom is -0.497 e. The van der Waals surface area contributed by atoms with Crippen LogP contribution >= 0.6 is 0 Å². The van der Waals surface area contributed by atoms with E-state index in [1.54, 1.807) is 37.4 Å². The Labute approximate surface area is 176 Å². The molecule has 7 heteroatoms. The van der Waals surface area contributed by atoms with Crippen molar-refractivity contribution >= 4 is 17.5 Å². The highest BCUT2D eigenvalue weighted by Crippen LogP contribution is 2.38. The van der Waals surface area contributed by atoms with Crippen molar-refractivity contribution in [3.63, 3.8) is 0 Å². The maximum atomic E-state index is 13.4. The summed E-state index contributed by atoms with van der Waals surface area (Å²) in [6.07, 6.45) is 6.79. The number of anilines is 1. The van der Waals surface area contributed by atoms with E-state index in [0.717, 1.165) is 31.4 Å². The summed E-state index contributed by atoms with van der Waals surface area (Å²) in [7, 11) is 3.15. The molecule has 0 radical (unpaired) electrons. The van der Waals surface area contributed by atoms with Gasteiger partial charge in [-0.15, -0.1) is 0 Å². The molecule has 0 aliphatic carbocycles. The number of aromatic nitrogens is 1. The first-order valence-electron chi connectivity index (χ1n) is 10.3. The van der Waals surface area contributed by atoms with Gasteiger partial charge in [0, 0.05) is 38.0 Å². The summed E-state index contributed by atoms with van der Waals surface area (Å²) in [4.78, 5) is 34.1. The minimum absolute atomic E-state index is 0.0274. The van der Waals surface area contributed by atoms with E-state index in [4.69, 9.17) is 9.47 Å². The summed E-state index contributed by atoms with van der Waals surface area (Å²) in [5, 5.41) is 0. The lowest BCUT2D eigenvalue weighted by Gasteiger charge is -2.37. The zero-order chi connectivity index (χ0) is 21.1. The Kier molecular flexibility index (Phi) is 5.88. The third-order valence-corrected chi connectivity index (χ3v) is 6.01. The maximum absolute atomic E-state index is 13.4. The second-order valence-electron chi connectivity index (χ2n) is 7.77. The number of benzene rings is 1. The van der Waals surface area contributed by atoms with Crippen LogP contribution in [0, 0.1) is 5.92 Å². The number of hydrogen-bond acceptors (Lipinski definition) is 5. The number of methoxy groups -OCH3 is 2. The number of ether oxygens (including phenoxy) is 2. The van der Waals surface area contributed by atoms with E-state index < -0.39 is 0 Å². The van der Waals surface area contributed by atoms with Gasteiger partial charge in [0.1, 0.15) is 11.5 Å². The zero-order valence-corrected chi connectivity index (χ0v) is 17.4. The maximum Gasteiger partial charge on any atom is 0.228 e. The van der Waals surface area contributed by atoms with Gasteiger partial charge in [0.2, 0.25) is 11.8 Å². The fraction of sp³-hybridized carbons (Fsp3) is 0.435. The van der Waals surface area contributed by atoms with E-state index in [9.17, 15) is 9.59 Å². The fourth-order valence-corrected chi connectivity index (χ4v) is 4.46. The van der Waals surface area contributed by atoms with E-state index in [1.807, 2.05) is 29.3 Å². The van der Waals surface area contributed by atoms with E-state index in [2.05, 4.69) is 4.98 Å². The molecule has 2 aromatic rings. The van der Waals surface area contributed by atoms with Gasteiger partial charge in [-0.2, -0.15) is 0 Å². The van der Waals surface area contributed by atoms with Crippen molar-refractivity contribution in [2.45, 2.75) is 31.7 Å². The first-order chi connectivity index (χ1) is 14.6. The molecule has 1 aromatic heterocycles. The molecule has 3 heterocycles. The van der Waals surface area contributed by atoms with E-state index in [0.29, 0.717) is 23.7 Å². The molecule has 2 atom stereocenters. The van der Waals surface area contributed by atoms with Crippen LogP contribution in [-0.2, 0) is 9.59 Å². The van der Waals surface area contributed by atoms with Crippen LogP contribution in [0.3, 0.4) is 0 Å². The Morgan fingerprint density at radius 2 is 2.03 bits per heavy atom. The lowest BCUT2D eigenvalue weighted by molar-refractivity contribution is -0.139.